The molecule has 4 rings (SSSR count). The van der Waals surface area contributed by atoms with Crippen LogP contribution in [0.15, 0.2) is 63.2 Å². The van der Waals surface area contributed by atoms with Gasteiger partial charge in [0.1, 0.15) is 0 Å². The fourth-order valence-corrected chi connectivity index (χ4v) is 7.23. The van der Waals surface area contributed by atoms with Crippen molar-refractivity contribution in [2.75, 3.05) is 32.1 Å². The third kappa shape index (κ3) is 4.37. The predicted octanol–water partition coefficient (Wildman–Crippen LogP) is 2.22. The van der Waals surface area contributed by atoms with Gasteiger partial charge in [0.25, 0.3) is 0 Å². The van der Waals surface area contributed by atoms with E-state index in [1.165, 1.54) is 28.6 Å². The number of thioether (sulfide) groups is 1. The summed E-state index contributed by atoms with van der Waals surface area (Å²) in [5.74, 6) is 0.834. The zero-order chi connectivity index (χ0) is 20.5. The van der Waals surface area contributed by atoms with Crippen LogP contribution in [-0.4, -0.2) is 53.2 Å². The van der Waals surface area contributed by atoms with Gasteiger partial charge in [0.2, 0.25) is 20.0 Å². The number of nitrogens with zero attached hydrogens (tertiary/aromatic N) is 1. The molecule has 7 nitrogen and oxygen atoms in total. The van der Waals surface area contributed by atoms with E-state index in [9.17, 15) is 16.8 Å². The third-order valence-corrected chi connectivity index (χ3v) is 9.52. The molecule has 2 aliphatic heterocycles. The first-order chi connectivity index (χ1) is 13.9. The van der Waals surface area contributed by atoms with Crippen LogP contribution in [0.4, 0.5) is 0 Å². The summed E-state index contributed by atoms with van der Waals surface area (Å²) in [6.45, 7) is 1.31. The summed E-state index contributed by atoms with van der Waals surface area (Å²) in [7, 11) is -7.43. The highest BCUT2D eigenvalue weighted by Gasteiger charge is 2.28. The summed E-state index contributed by atoms with van der Waals surface area (Å²) in [4.78, 5) is 1.21. The van der Waals surface area contributed by atoms with Crippen molar-refractivity contribution < 1.29 is 21.6 Å². The van der Waals surface area contributed by atoms with Crippen LogP contribution in [0, 0.1) is 0 Å². The van der Waals surface area contributed by atoms with Crippen molar-refractivity contribution in [3.05, 3.63) is 54.1 Å². The summed E-state index contributed by atoms with van der Waals surface area (Å²) in [5.41, 5.74) is 0.971. The molecule has 0 radical (unpaired) electrons. The molecule has 2 aromatic rings. The normalized spacial score (nSPS) is 20.9. The lowest BCUT2D eigenvalue weighted by molar-refractivity contribution is 0.0730. The third-order valence-electron chi connectivity index (χ3n) is 5.00. The van der Waals surface area contributed by atoms with Crippen LogP contribution in [-0.2, 0) is 24.8 Å². The second kappa shape index (κ2) is 8.37. The van der Waals surface area contributed by atoms with Gasteiger partial charge in [-0.25, -0.2) is 21.6 Å². The quantitative estimate of drug-likeness (QED) is 0.745. The lowest BCUT2D eigenvalue weighted by Crippen LogP contribution is -2.40. The van der Waals surface area contributed by atoms with Crippen LogP contribution in [0.25, 0.3) is 0 Å². The average molecular weight is 455 g/mol. The maximum absolute atomic E-state index is 12.9. The standard InChI is InChI=1S/C19H22N2O5S3/c22-28(23,20-18-9-14-27-19-4-2-1-3-17(18)19)15-5-7-16(8-6-15)29(24,25)21-10-12-26-13-11-21/h1-8,18,20H,9-14H2/t18-/m1/s1. The zero-order valence-corrected chi connectivity index (χ0v) is 18.1. The van der Waals surface area contributed by atoms with Gasteiger partial charge in [-0.1, -0.05) is 18.2 Å². The van der Waals surface area contributed by atoms with E-state index < -0.39 is 20.0 Å². The largest absolute Gasteiger partial charge is 0.379 e. The molecule has 2 aromatic carbocycles. The van der Waals surface area contributed by atoms with Crippen molar-refractivity contribution in [3.63, 3.8) is 0 Å². The fourth-order valence-electron chi connectivity index (χ4n) is 3.45. The SMILES string of the molecule is O=S(=O)(N[C@@H]1CCSc2ccccc21)c1ccc(S(=O)(=O)N2CCOCC2)cc1. The number of fused-ring (bicyclic) bond motifs is 1. The number of nitrogens with one attached hydrogen (secondary N) is 1. The Morgan fingerprint density at radius 3 is 2.31 bits per heavy atom. The van der Waals surface area contributed by atoms with Gasteiger partial charge in [-0.15, -0.1) is 11.8 Å². The molecule has 0 unspecified atom stereocenters. The maximum atomic E-state index is 12.9. The van der Waals surface area contributed by atoms with E-state index >= 15 is 0 Å². The van der Waals surface area contributed by atoms with Gasteiger partial charge in [-0.2, -0.15) is 4.31 Å². The number of morpholine rings is 1. The van der Waals surface area contributed by atoms with Crippen LogP contribution in [0.3, 0.4) is 0 Å². The summed E-state index contributed by atoms with van der Waals surface area (Å²) >= 11 is 1.72. The van der Waals surface area contributed by atoms with Gasteiger partial charge in [0.05, 0.1) is 23.0 Å². The monoisotopic (exact) mass is 454 g/mol. The molecular formula is C19H22N2O5S3. The Kier molecular flexibility index (Phi) is 6.01. The van der Waals surface area contributed by atoms with Crippen molar-refractivity contribution in [2.24, 2.45) is 0 Å². The zero-order valence-electron chi connectivity index (χ0n) is 15.7. The molecule has 10 heteroatoms. The molecule has 1 fully saturated rings. The summed E-state index contributed by atoms with van der Waals surface area (Å²) in [5, 5.41) is 0. The molecule has 1 atom stereocenters. The van der Waals surface area contributed by atoms with Crippen LogP contribution in [0.2, 0.25) is 0 Å². The van der Waals surface area contributed by atoms with Gasteiger partial charge < -0.3 is 4.74 Å². The predicted molar refractivity (Wildman–Crippen MR) is 111 cm³/mol. The molecule has 0 bridgehead atoms. The Hall–Kier alpha value is -1.43. The number of hydrogen-bond acceptors (Lipinski definition) is 6. The molecule has 156 valence electrons. The topological polar surface area (TPSA) is 92.8 Å². The summed E-state index contributed by atoms with van der Waals surface area (Å²) in [6, 6.07) is 12.9. The Labute approximate surface area is 175 Å². The van der Waals surface area contributed by atoms with Crippen molar-refractivity contribution in [2.45, 2.75) is 27.1 Å². The molecule has 1 N–H and O–H groups in total. The van der Waals surface area contributed by atoms with E-state index in [1.54, 1.807) is 11.8 Å². The highest BCUT2D eigenvalue weighted by molar-refractivity contribution is 7.99. The van der Waals surface area contributed by atoms with E-state index in [-0.39, 0.29) is 15.8 Å². The Balaban J connectivity index is 1.54. The minimum absolute atomic E-state index is 0.0501. The Morgan fingerprint density at radius 2 is 1.59 bits per heavy atom. The van der Waals surface area contributed by atoms with Crippen LogP contribution >= 0.6 is 11.8 Å². The van der Waals surface area contributed by atoms with Gasteiger partial charge in [-0.3, -0.25) is 0 Å². The molecule has 0 saturated carbocycles. The van der Waals surface area contributed by atoms with E-state index in [0.717, 1.165) is 16.2 Å². The number of rotatable bonds is 5. The van der Waals surface area contributed by atoms with Gasteiger partial charge in [0, 0.05) is 24.0 Å². The average Bonchev–Trinajstić information content (AvgIpc) is 2.74. The van der Waals surface area contributed by atoms with Gasteiger partial charge in [-0.05, 0) is 48.1 Å². The fraction of sp³-hybridized carbons (Fsp3) is 0.368. The van der Waals surface area contributed by atoms with E-state index in [2.05, 4.69) is 4.72 Å². The van der Waals surface area contributed by atoms with Crippen LogP contribution < -0.4 is 4.72 Å². The summed E-state index contributed by atoms with van der Waals surface area (Å²) in [6.07, 6.45) is 0.699. The van der Waals surface area contributed by atoms with E-state index in [4.69, 9.17) is 4.74 Å². The molecule has 0 aromatic heterocycles. The first-order valence-corrected chi connectivity index (χ1v) is 13.2. The maximum Gasteiger partial charge on any atom is 0.243 e. The van der Waals surface area contributed by atoms with E-state index in [0.29, 0.717) is 32.7 Å². The lowest BCUT2D eigenvalue weighted by atomic mass is 10.1. The molecule has 2 heterocycles. The lowest BCUT2D eigenvalue weighted by Gasteiger charge is -2.26. The Morgan fingerprint density at radius 1 is 0.931 bits per heavy atom. The Bertz CT molecular complexity index is 1080. The molecular weight excluding hydrogens is 432 g/mol. The molecule has 0 amide bonds. The van der Waals surface area contributed by atoms with Crippen molar-refractivity contribution in [1.82, 2.24) is 9.03 Å². The minimum Gasteiger partial charge on any atom is -0.379 e. The van der Waals surface area contributed by atoms with Crippen molar-refractivity contribution in [1.29, 1.82) is 0 Å². The number of benzene rings is 2. The molecule has 0 aliphatic carbocycles. The van der Waals surface area contributed by atoms with Crippen molar-refractivity contribution >= 4 is 31.8 Å². The van der Waals surface area contributed by atoms with Crippen LogP contribution in [0.5, 0.6) is 0 Å². The second-order valence-electron chi connectivity index (χ2n) is 6.84. The summed E-state index contributed by atoms with van der Waals surface area (Å²) < 4.78 is 60.5. The molecule has 1 saturated heterocycles. The van der Waals surface area contributed by atoms with Crippen molar-refractivity contribution in [3.8, 4) is 0 Å². The molecule has 0 spiro atoms. The van der Waals surface area contributed by atoms with Gasteiger partial charge in [0.15, 0.2) is 0 Å². The highest BCUT2D eigenvalue weighted by atomic mass is 32.2. The van der Waals surface area contributed by atoms with E-state index in [1.807, 2.05) is 24.3 Å². The first kappa shape index (κ1) is 20.8. The second-order valence-corrected chi connectivity index (χ2v) is 11.6. The van der Waals surface area contributed by atoms with Gasteiger partial charge >= 0.3 is 0 Å². The molecule has 29 heavy (non-hydrogen) atoms. The number of ether oxygens (including phenoxy) is 1. The smallest absolute Gasteiger partial charge is 0.243 e. The number of hydrogen-bond donors (Lipinski definition) is 1. The highest BCUT2D eigenvalue weighted by Crippen LogP contribution is 2.36. The molecule has 2 aliphatic rings. The first-order valence-electron chi connectivity index (χ1n) is 9.30. The number of sulfonamides is 2. The van der Waals surface area contributed by atoms with Crippen LogP contribution in [0.1, 0.15) is 18.0 Å². The minimum atomic E-state index is -3.78.